The van der Waals surface area contributed by atoms with Gasteiger partial charge in [0.05, 0.1) is 6.54 Å². The monoisotopic (exact) mass is 445 g/mol. The van der Waals surface area contributed by atoms with Crippen molar-refractivity contribution in [3.05, 3.63) is 30.1 Å². The van der Waals surface area contributed by atoms with Crippen LogP contribution in [0.4, 0.5) is 10.1 Å². The molecule has 1 aromatic carbocycles. The number of anilines is 1. The molecule has 0 aromatic heterocycles. The first-order valence-corrected chi connectivity index (χ1v) is 12.1. The van der Waals surface area contributed by atoms with E-state index in [9.17, 15) is 14.0 Å². The molecule has 3 saturated heterocycles. The molecule has 3 fully saturated rings. The molecule has 0 saturated carbocycles. The van der Waals surface area contributed by atoms with Crippen LogP contribution in [-0.4, -0.2) is 110 Å². The number of piperazine rings is 1. The standard InChI is InChI=1S/C24H36FN5O2/c25-21-4-6-22(7-5-21)28-16-18-30(19-17-28)23(31)8-13-26-9-3-10-27(15-14-26)20-24(32)29-11-1-2-12-29/h4-7H,1-3,8-20H2. The molecule has 0 radical (unpaired) electrons. The molecular weight excluding hydrogens is 409 g/mol. The van der Waals surface area contributed by atoms with E-state index in [0.29, 0.717) is 26.1 Å². The van der Waals surface area contributed by atoms with Gasteiger partial charge >= 0.3 is 0 Å². The van der Waals surface area contributed by atoms with Crippen LogP contribution < -0.4 is 4.90 Å². The Bertz CT molecular complexity index is 760. The van der Waals surface area contributed by atoms with Gasteiger partial charge < -0.3 is 19.6 Å². The number of amides is 2. The van der Waals surface area contributed by atoms with E-state index in [2.05, 4.69) is 14.7 Å². The lowest BCUT2D eigenvalue weighted by Crippen LogP contribution is -2.49. The fourth-order valence-electron chi connectivity index (χ4n) is 4.94. The minimum atomic E-state index is -0.225. The highest BCUT2D eigenvalue weighted by Crippen LogP contribution is 2.17. The van der Waals surface area contributed by atoms with Crippen LogP contribution in [0.15, 0.2) is 24.3 Å². The summed E-state index contributed by atoms with van der Waals surface area (Å²) >= 11 is 0. The number of carbonyl (C=O) groups is 2. The molecule has 1 aromatic rings. The predicted octanol–water partition coefficient (Wildman–Crippen LogP) is 1.49. The summed E-state index contributed by atoms with van der Waals surface area (Å²) in [5.74, 6) is 0.261. The topological polar surface area (TPSA) is 50.3 Å². The van der Waals surface area contributed by atoms with Gasteiger partial charge in [0, 0.05) is 71.0 Å². The molecule has 0 atom stereocenters. The molecule has 176 valence electrons. The molecular formula is C24H36FN5O2. The summed E-state index contributed by atoms with van der Waals surface area (Å²) in [7, 11) is 0. The molecule has 7 nitrogen and oxygen atoms in total. The van der Waals surface area contributed by atoms with Gasteiger partial charge in [-0.2, -0.15) is 0 Å². The Labute approximate surface area is 190 Å². The Kier molecular flexibility index (Phi) is 7.97. The van der Waals surface area contributed by atoms with E-state index in [1.807, 2.05) is 9.80 Å². The van der Waals surface area contributed by atoms with E-state index >= 15 is 0 Å². The second-order valence-corrected chi connectivity index (χ2v) is 9.15. The Balaban J connectivity index is 1.15. The van der Waals surface area contributed by atoms with Crippen molar-refractivity contribution in [2.24, 2.45) is 0 Å². The molecule has 0 spiro atoms. The van der Waals surface area contributed by atoms with E-state index in [1.54, 1.807) is 12.1 Å². The van der Waals surface area contributed by atoms with Crippen LogP contribution in [0.1, 0.15) is 25.7 Å². The van der Waals surface area contributed by atoms with Crippen molar-refractivity contribution in [1.29, 1.82) is 0 Å². The van der Waals surface area contributed by atoms with Gasteiger partial charge in [-0.1, -0.05) is 0 Å². The molecule has 4 rings (SSSR count). The molecule has 0 N–H and O–H groups in total. The summed E-state index contributed by atoms with van der Waals surface area (Å²) in [5, 5.41) is 0. The normalized spacial score (nSPS) is 21.1. The minimum Gasteiger partial charge on any atom is -0.368 e. The SMILES string of the molecule is O=C(CCN1CCCN(CC(=O)N2CCCC2)CC1)N1CCN(c2ccc(F)cc2)CC1. The van der Waals surface area contributed by atoms with E-state index in [1.165, 1.54) is 12.1 Å². The zero-order valence-electron chi connectivity index (χ0n) is 19.1. The Morgan fingerprint density at radius 3 is 2.03 bits per heavy atom. The zero-order chi connectivity index (χ0) is 22.3. The highest BCUT2D eigenvalue weighted by Gasteiger charge is 2.24. The lowest BCUT2D eigenvalue weighted by atomic mass is 10.2. The van der Waals surface area contributed by atoms with Gasteiger partial charge in [0.15, 0.2) is 0 Å². The fourth-order valence-corrected chi connectivity index (χ4v) is 4.94. The maximum atomic E-state index is 13.1. The van der Waals surface area contributed by atoms with Crippen LogP contribution in [0.3, 0.4) is 0 Å². The summed E-state index contributed by atoms with van der Waals surface area (Å²) in [6.07, 6.45) is 3.85. The smallest absolute Gasteiger partial charge is 0.236 e. The fraction of sp³-hybridized carbons (Fsp3) is 0.667. The predicted molar refractivity (Wildman–Crippen MR) is 123 cm³/mol. The van der Waals surface area contributed by atoms with Crippen molar-refractivity contribution >= 4 is 17.5 Å². The summed E-state index contributed by atoms with van der Waals surface area (Å²) in [5.41, 5.74) is 1.01. The highest BCUT2D eigenvalue weighted by molar-refractivity contribution is 5.78. The number of halogens is 1. The van der Waals surface area contributed by atoms with Crippen molar-refractivity contribution in [2.45, 2.75) is 25.7 Å². The van der Waals surface area contributed by atoms with Gasteiger partial charge in [0.25, 0.3) is 0 Å². The van der Waals surface area contributed by atoms with E-state index < -0.39 is 0 Å². The molecule has 0 bridgehead atoms. The van der Waals surface area contributed by atoms with Crippen molar-refractivity contribution < 1.29 is 14.0 Å². The van der Waals surface area contributed by atoms with Crippen LogP contribution in [0.2, 0.25) is 0 Å². The summed E-state index contributed by atoms with van der Waals surface area (Å²) in [6.45, 7) is 9.87. The van der Waals surface area contributed by atoms with E-state index in [4.69, 9.17) is 0 Å². The number of rotatable bonds is 6. The van der Waals surface area contributed by atoms with Gasteiger partial charge in [-0.25, -0.2) is 4.39 Å². The Morgan fingerprint density at radius 2 is 1.31 bits per heavy atom. The van der Waals surface area contributed by atoms with Crippen LogP contribution >= 0.6 is 0 Å². The first-order chi connectivity index (χ1) is 15.6. The number of hydrogen-bond acceptors (Lipinski definition) is 5. The van der Waals surface area contributed by atoms with Crippen LogP contribution in [-0.2, 0) is 9.59 Å². The zero-order valence-corrected chi connectivity index (χ0v) is 19.1. The van der Waals surface area contributed by atoms with Crippen molar-refractivity contribution in [2.75, 3.05) is 83.4 Å². The summed E-state index contributed by atoms with van der Waals surface area (Å²) < 4.78 is 13.1. The number of nitrogens with zero attached hydrogens (tertiary/aromatic N) is 5. The van der Waals surface area contributed by atoms with E-state index in [-0.39, 0.29) is 17.6 Å². The van der Waals surface area contributed by atoms with Gasteiger partial charge in [-0.15, -0.1) is 0 Å². The maximum absolute atomic E-state index is 13.1. The van der Waals surface area contributed by atoms with Crippen molar-refractivity contribution in [1.82, 2.24) is 19.6 Å². The summed E-state index contributed by atoms with van der Waals surface area (Å²) in [6, 6.07) is 6.57. The van der Waals surface area contributed by atoms with E-state index in [0.717, 1.165) is 83.9 Å². The molecule has 0 aliphatic carbocycles. The van der Waals surface area contributed by atoms with Gasteiger partial charge in [-0.3, -0.25) is 14.5 Å². The summed E-state index contributed by atoms with van der Waals surface area (Å²) in [4.78, 5) is 36.0. The molecule has 3 aliphatic heterocycles. The molecule has 0 unspecified atom stereocenters. The van der Waals surface area contributed by atoms with Crippen LogP contribution in [0.25, 0.3) is 0 Å². The molecule has 3 aliphatic rings. The third-order valence-corrected chi connectivity index (χ3v) is 6.96. The number of benzene rings is 1. The van der Waals surface area contributed by atoms with Gasteiger partial charge in [0.1, 0.15) is 5.82 Å². The van der Waals surface area contributed by atoms with Gasteiger partial charge in [-0.05, 0) is 56.6 Å². The highest BCUT2D eigenvalue weighted by atomic mass is 19.1. The third-order valence-electron chi connectivity index (χ3n) is 6.96. The lowest BCUT2D eigenvalue weighted by molar-refractivity contribution is -0.132. The number of carbonyl (C=O) groups excluding carboxylic acids is 2. The van der Waals surface area contributed by atoms with Crippen molar-refractivity contribution in [3.63, 3.8) is 0 Å². The molecule has 2 amide bonds. The van der Waals surface area contributed by atoms with Crippen LogP contribution in [0, 0.1) is 5.82 Å². The third kappa shape index (κ3) is 6.19. The van der Waals surface area contributed by atoms with Crippen molar-refractivity contribution in [3.8, 4) is 0 Å². The molecule has 8 heteroatoms. The molecule has 32 heavy (non-hydrogen) atoms. The first kappa shape index (κ1) is 23.0. The number of likely N-dealkylation sites (tertiary alicyclic amines) is 1. The maximum Gasteiger partial charge on any atom is 0.236 e. The average Bonchev–Trinajstić information content (AvgIpc) is 3.27. The largest absolute Gasteiger partial charge is 0.368 e. The van der Waals surface area contributed by atoms with Crippen LogP contribution in [0.5, 0.6) is 0 Å². The lowest BCUT2D eigenvalue weighted by Gasteiger charge is -2.36. The number of hydrogen-bond donors (Lipinski definition) is 0. The minimum absolute atomic E-state index is 0.217. The van der Waals surface area contributed by atoms with Gasteiger partial charge in [0.2, 0.25) is 11.8 Å². The Morgan fingerprint density at radius 1 is 0.688 bits per heavy atom. The quantitative estimate of drug-likeness (QED) is 0.664. The Hall–Kier alpha value is -2.19. The first-order valence-electron chi connectivity index (χ1n) is 12.1. The second kappa shape index (κ2) is 11.1. The average molecular weight is 446 g/mol. The second-order valence-electron chi connectivity index (χ2n) is 9.15. The molecule has 3 heterocycles.